The number of methoxy groups -OCH3 is 1. The van der Waals surface area contributed by atoms with Gasteiger partial charge in [-0.2, -0.15) is 0 Å². The number of hydrogen-bond donors (Lipinski definition) is 2. The van der Waals surface area contributed by atoms with Crippen molar-refractivity contribution in [2.24, 2.45) is 0 Å². The minimum absolute atomic E-state index is 0.0785. The van der Waals surface area contributed by atoms with E-state index >= 15 is 0 Å². The van der Waals surface area contributed by atoms with Crippen LogP contribution in [0.3, 0.4) is 0 Å². The van der Waals surface area contributed by atoms with Gasteiger partial charge < -0.3 is 15.4 Å². The maximum absolute atomic E-state index is 13.7. The van der Waals surface area contributed by atoms with Crippen LogP contribution in [0, 0.1) is 5.82 Å². The topological polar surface area (TPSA) is 53.6 Å². The van der Waals surface area contributed by atoms with Gasteiger partial charge in [0, 0.05) is 6.54 Å². The first-order valence-electron chi connectivity index (χ1n) is 8.85. The molecule has 1 atom stereocenters. The molecule has 2 aromatic rings. The van der Waals surface area contributed by atoms with Gasteiger partial charge in [0.2, 0.25) is 0 Å². The SMILES string of the molecule is COc1ccc(C(CNC(=O)Nc2ccccc2F)N2CCCC2)cc1. The second kappa shape index (κ2) is 8.67. The summed E-state index contributed by atoms with van der Waals surface area (Å²) in [5.41, 5.74) is 1.30. The lowest BCUT2D eigenvalue weighted by molar-refractivity contribution is 0.227. The molecule has 1 fully saturated rings. The summed E-state index contributed by atoms with van der Waals surface area (Å²) in [6, 6.07) is 13.7. The number of urea groups is 1. The lowest BCUT2D eigenvalue weighted by atomic mass is 10.1. The first-order valence-corrected chi connectivity index (χ1v) is 8.85. The van der Waals surface area contributed by atoms with Crippen LogP contribution in [0.25, 0.3) is 0 Å². The van der Waals surface area contributed by atoms with Crippen molar-refractivity contribution in [1.29, 1.82) is 0 Å². The zero-order valence-corrected chi connectivity index (χ0v) is 14.9. The lowest BCUT2D eigenvalue weighted by Gasteiger charge is -2.28. The van der Waals surface area contributed by atoms with Gasteiger partial charge >= 0.3 is 6.03 Å². The molecule has 0 spiro atoms. The number of nitrogens with one attached hydrogen (secondary N) is 2. The number of carbonyl (C=O) groups is 1. The number of para-hydroxylation sites is 1. The van der Waals surface area contributed by atoms with Crippen molar-refractivity contribution in [3.63, 3.8) is 0 Å². The smallest absolute Gasteiger partial charge is 0.319 e. The Morgan fingerprint density at radius 3 is 2.50 bits per heavy atom. The zero-order valence-electron chi connectivity index (χ0n) is 14.9. The molecule has 2 N–H and O–H groups in total. The van der Waals surface area contributed by atoms with Crippen molar-refractivity contribution in [3.8, 4) is 5.75 Å². The van der Waals surface area contributed by atoms with E-state index in [1.54, 1.807) is 19.2 Å². The van der Waals surface area contributed by atoms with Crippen LogP contribution in [0.1, 0.15) is 24.4 Å². The highest BCUT2D eigenvalue weighted by Crippen LogP contribution is 2.26. The molecule has 1 heterocycles. The average molecular weight is 357 g/mol. The lowest BCUT2D eigenvalue weighted by Crippen LogP contribution is -2.38. The minimum atomic E-state index is -0.450. The van der Waals surface area contributed by atoms with Crippen molar-refractivity contribution in [3.05, 3.63) is 59.9 Å². The van der Waals surface area contributed by atoms with Crippen LogP contribution < -0.4 is 15.4 Å². The number of hydrogen-bond acceptors (Lipinski definition) is 3. The largest absolute Gasteiger partial charge is 0.497 e. The zero-order chi connectivity index (χ0) is 18.4. The van der Waals surface area contributed by atoms with Crippen LogP contribution in [0.4, 0.5) is 14.9 Å². The molecule has 0 saturated carbocycles. The van der Waals surface area contributed by atoms with Crippen LogP contribution in [0.5, 0.6) is 5.75 Å². The Bertz CT molecular complexity index is 730. The number of rotatable bonds is 6. The van der Waals surface area contributed by atoms with Gasteiger partial charge in [0.05, 0.1) is 18.8 Å². The molecule has 1 aliphatic rings. The molecule has 3 rings (SSSR count). The minimum Gasteiger partial charge on any atom is -0.497 e. The predicted octanol–water partition coefficient (Wildman–Crippen LogP) is 3.79. The third kappa shape index (κ3) is 4.52. The number of likely N-dealkylation sites (tertiary alicyclic amines) is 1. The molecule has 138 valence electrons. The van der Waals surface area contributed by atoms with Crippen LogP contribution >= 0.6 is 0 Å². The third-order valence-corrected chi connectivity index (χ3v) is 4.66. The van der Waals surface area contributed by atoms with Gasteiger partial charge in [-0.3, -0.25) is 4.90 Å². The quantitative estimate of drug-likeness (QED) is 0.827. The molecular formula is C20H24FN3O2. The van der Waals surface area contributed by atoms with Gasteiger partial charge in [-0.1, -0.05) is 24.3 Å². The number of halogens is 1. The molecular weight excluding hydrogens is 333 g/mol. The number of carbonyl (C=O) groups excluding carboxylic acids is 1. The molecule has 1 aliphatic heterocycles. The summed E-state index contributed by atoms with van der Waals surface area (Å²) in [6.45, 7) is 2.47. The summed E-state index contributed by atoms with van der Waals surface area (Å²) in [5.74, 6) is 0.355. The molecule has 26 heavy (non-hydrogen) atoms. The molecule has 2 aromatic carbocycles. The maximum atomic E-state index is 13.7. The average Bonchev–Trinajstić information content (AvgIpc) is 3.19. The number of amides is 2. The van der Waals surface area contributed by atoms with Gasteiger partial charge in [-0.05, 0) is 55.8 Å². The van der Waals surface area contributed by atoms with Crippen molar-refractivity contribution in [2.75, 3.05) is 32.1 Å². The molecule has 0 aliphatic carbocycles. The van der Waals surface area contributed by atoms with Crippen molar-refractivity contribution < 1.29 is 13.9 Å². The predicted molar refractivity (Wildman–Crippen MR) is 100.0 cm³/mol. The molecule has 0 bridgehead atoms. The molecule has 0 aromatic heterocycles. The number of anilines is 1. The third-order valence-electron chi connectivity index (χ3n) is 4.66. The fourth-order valence-corrected chi connectivity index (χ4v) is 3.26. The van der Waals surface area contributed by atoms with E-state index in [-0.39, 0.29) is 11.7 Å². The van der Waals surface area contributed by atoms with Crippen LogP contribution in [-0.4, -0.2) is 37.7 Å². The van der Waals surface area contributed by atoms with E-state index in [2.05, 4.69) is 15.5 Å². The van der Waals surface area contributed by atoms with E-state index in [9.17, 15) is 9.18 Å². The van der Waals surface area contributed by atoms with Crippen LogP contribution in [-0.2, 0) is 0 Å². The van der Waals surface area contributed by atoms with E-state index in [1.807, 2.05) is 24.3 Å². The Morgan fingerprint density at radius 2 is 1.85 bits per heavy atom. The molecule has 2 amide bonds. The standard InChI is InChI=1S/C20H24FN3O2/c1-26-16-10-8-15(9-11-16)19(24-12-4-5-13-24)14-22-20(25)23-18-7-3-2-6-17(18)21/h2-3,6-11,19H,4-5,12-14H2,1H3,(H2,22,23,25). The van der Waals surface area contributed by atoms with E-state index in [0.29, 0.717) is 6.54 Å². The Labute approximate surface area is 153 Å². The Hall–Kier alpha value is -2.60. The Morgan fingerprint density at radius 1 is 1.15 bits per heavy atom. The second-order valence-electron chi connectivity index (χ2n) is 6.35. The fourth-order valence-electron chi connectivity index (χ4n) is 3.26. The normalized spacial score (nSPS) is 15.5. The van der Waals surface area contributed by atoms with Crippen molar-refractivity contribution >= 4 is 11.7 Å². The Kier molecular flexibility index (Phi) is 6.07. The molecule has 0 radical (unpaired) electrons. The number of ether oxygens (including phenoxy) is 1. The highest BCUT2D eigenvalue weighted by Gasteiger charge is 2.24. The van der Waals surface area contributed by atoms with E-state index < -0.39 is 11.8 Å². The van der Waals surface area contributed by atoms with E-state index in [4.69, 9.17) is 4.74 Å². The van der Waals surface area contributed by atoms with Crippen molar-refractivity contribution in [2.45, 2.75) is 18.9 Å². The second-order valence-corrected chi connectivity index (χ2v) is 6.35. The van der Waals surface area contributed by atoms with Gasteiger partial charge in [0.25, 0.3) is 0 Å². The summed E-state index contributed by atoms with van der Waals surface area (Å²) in [6.07, 6.45) is 2.32. The highest BCUT2D eigenvalue weighted by molar-refractivity contribution is 5.89. The molecule has 1 saturated heterocycles. The van der Waals surface area contributed by atoms with E-state index in [1.165, 1.54) is 12.1 Å². The first-order chi connectivity index (χ1) is 12.7. The van der Waals surface area contributed by atoms with Crippen LogP contribution in [0.15, 0.2) is 48.5 Å². The van der Waals surface area contributed by atoms with Gasteiger partial charge in [0.15, 0.2) is 0 Å². The van der Waals surface area contributed by atoms with Crippen molar-refractivity contribution in [1.82, 2.24) is 10.2 Å². The fraction of sp³-hybridized carbons (Fsp3) is 0.350. The van der Waals surface area contributed by atoms with Gasteiger partial charge in [-0.15, -0.1) is 0 Å². The van der Waals surface area contributed by atoms with Crippen LogP contribution in [0.2, 0.25) is 0 Å². The van der Waals surface area contributed by atoms with Gasteiger partial charge in [-0.25, -0.2) is 9.18 Å². The molecule has 5 nitrogen and oxygen atoms in total. The Balaban J connectivity index is 1.65. The maximum Gasteiger partial charge on any atom is 0.319 e. The summed E-state index contributed by atoms with van der Waals surface area (Å²) in [7, 11) is 1.64. The number of benzene rings is 2. The monoisotopic (exact) mass is 357 g/mol. The molecule has 1 unspecified atom stereocenters. The summed E-state index contributed by atoms with van der Waals surface area (Å²) in [4.78, 5) is 14.6. The summed E-state index contributed by atoms with van der Waals surface area (Å²) < 4.78 is 18.9. The highest BCUT2D eigenvalue weighted by atomic mass is 19.1. The first kappa shape index (κ1) is 18.2. The van der Waals surface area contributed by atoms with Gasteiger partial charge in [0.1, 0.15) is 11.6 Å². The van der Waals surface area contributed by atoms with E-state index in [0.717, 1.165) is 37.2 Å². The summed E-state index contributed by atoms with van der Waals surface area (Å²) in [5, 5.41) is 5.44. The molecule has 6 heteroatoms. The number of nitrogens with zero attached hydrogens (tertiary/aromatic N) is 1. The summed E-state index contributed by atoms with van der Waals surface area (Å²) >= 11 is 0.